The van der Waals surface area contributed by atoms with Crippen LogP contribution in [0.25, 0.3) is 10.9 Å². The number of aromatic nitrogens is 1. The molecule has 2 heterocycles. The van der Waals surface area contributed by atoms with Gasteiger partial charge in [0.1, 0.15) is 11.9 Å². The van der Waals surface area contributed by atoms with Crippen molar-refractivity contribution in [2.75, 3.05) is 25.1 Å². The van der Waals surface area contributed by atoms with E-state index in [1.165, 1.54) is 0 Å². The normalized spacial score (nSPS) is 24.9. The molecule has 0 radical (unpaired) electrons. The molecule has 1 amide bonds. The topological polar surface area (TPSA) is 97.9 Å². The number of primary amides is 1. The van der Waals surface area contributed by atoms with Crippen LogP contribution in [0.2, 0.25) is 0 Å². The van der Waals surface area contributed by atoms with Gasteiger partial charge in [-0.1, -0.05) is 30.3 Å². The second-order valence-corrected chi connectivity index (χ2v) is 8.68. The number of nitrogens with two attached hydrogens (primary N) is 1. The van der Waals surface area contributed by atoms with Gasteiger partial charge in [0.05, 0.1) is 24.3 Å². The molecule has 3 aromatic rings. The average molecular weight is 434 g/mol. The van der Waals surface area contributed by atoms with Gasteiger partial charge in [0.15, 0.2) is 11.5 Å². The monoisotopic (exact) mass is 433 g/mol. The van der Waals surface area contributed by atoms with Gasteiger partial charge >= 0.3 is 0 Å². The zero-order valence-electron chi connectivity index (χ0n) is 18.0. The Labute approximate surface area is 186 Å². The molecule has 166 valence electrons. The van der Waals surface area contributed by atoms with Crippen LogP contribution in [-0.2, 0) is 0 Å². The first-order valence-electron chi connectivity index (χ1n) is 11.0. The summed E-state index contributed by atoms with van der Waals surface area (Å²) in [6.07, 6.45) is 0.568. The van der Waals surface area contributed by atoms with Gasteiger partial charge in [-0.15, -0.1) is 0 Å². The summed E-state index contributed by atoms with van der Waals surface area (Å²) in [6.45, 7) is 1.58. The Kier molecular flexibility index (Phi) is 5.35. The van der Waals surface area contributed by atoms with Crippen LogP contribution >= 0.6 is 0 Å². The summed E-state index contributed by atoms with van der Waals surface area (Å²) >= 11 is 0. The Morgan fingerprint density at radius 3 is 2.50 bits per heavy atom. The predicted molar refractivity (Wildman–Crippen MR) is 122 cm³/mol. The standard InChI is InChI=1S/C25H27N3O4/c1-31-21-8-4-5-9-22(21)32-23-11-16-14-28(13-15(16)10-20(23)29)24-12-18(25(26)30)17-6-2-3-7-19(17)27-24/h2-9,12,15-16,20,23,29H,10-11,13-14H2,1H3,(H2,26,30)/t15-,16+,20+,23+/m0/s1. The van der Waals surface area contributed by atoms with E-state index in [9.17, 15) is 9.90 Å². The number of para-hydroxylation sites is 3. The summed E-state index contributed by atoms with van der Waals surface area (Å²) in [5.74, 6) is 2.31. The van der Waals surface area contributed by atoms with Crippen LogP contribution in [0.5, 0.6) is 11.5 Å². The minimum Gasteiger partial charge on any atom is -0.493 e. The van der Waals surface area contributed by atoms with Gasteiger partial charge in [-0.25, -0.2) is 4.98 Å². The maximum absolute atomic E-state index is 12.1. The molecule has 7 nitrogen and oxygen atoms in total. The molecule has 1 aromatic heterocycles. The largest absolute Gasteiger partial charge is 0.493 e. The number of anilines is 1. The highest BCUT2D eigenvalue weighted by molar-refractivity contribution is 6.06. The number of aliphatic hydroxyl groups is 1. The maximum atomic E-state index is 12.1. The van der Waals surface area contributed by atoms with Crippen molar-refractivity contribution in [3.8, 4) is 11.5 Å². The van der Waals surface area contributed by atoms with E-state index in [2.05, 4.69) is 4.90 Å². The number of ether oxygens (including phenoxy) is 2. The first-order valence-corrected chi connectivity index (χ1v) is 11.0. The third-order valence-electron chi connectivity index (χ3n) is 6.72. The summed E-state index contributed by atoms with van der Waals surface area (Å²) in [7, 11) is 1.61. The molecule has 0 unspecified atom stereocenters. The van der Waals surface area contributed by atoms with Crippen LogP contribution in [0.3, 0.4) is 0 Å². The number of hydrogen-bond acceptors (Lipinski definition) is 6. The fourth-order valence-corrected chi connectivity index (χ4v) is 5.11. The summed E-state index contributed by atoms with van der Waals surface area (Å²) in [5, 5.41) is 11.6. The molecule has 1 saturated carbocycles. The summed E-state index contributed by atoms with van der Waals surface area (Å²) in [4.78, 5) is 19.1. The van der Waals surface area contributed by atoms with Crippen molar-refractivity contribution < 1.29 is 19.4 Å². The van der Waals surface area contributed by atoms with E-state index in [0.717, 1.165) is 36.2 Å². The number of rotatable bonds is 5. The van der Waals surface area contributed by atoms with Crippen LogP contribution in [0.1, 0.15) is 23.2 Å². The van der Waals surface area contributed by atoms with E-state index in [1.807, 2.05) is 48.5 Å². The third-order valence-corrected chi connectivity index (χ3v) is 6.72. The molecule has 1 aliphatic carbocycles. The third kappa shape index (κ3) is 3.73. The quantitative estimate of drug-likeness (QED) is 0.642. The first kappa shape index (κ1) is 20.6. The van der Waals surface area contributed by atoms with Crippen LogP contribution in [0.4, 0.5) is 5.82 Å². The smallest absolute Gasteiger partial charge is 0.249 e. The van der Waals surface area contributed by atoms with Crippen molar-refractivity contribution in [1.29, 1.82) is 0 Å². The number of fused-ring (bicyclic) bond motifs is 2. The molecular weight excluding hydrogens is 406 g/mol. The van der Waals surface area contributed by atoms with E-state index in [4.69, 9.17) is 20.2 Å². The highest BCUT2D eigenvalue weighted by Crippen LogP contribution is 2.40. The Hall–Kier alpha value is -3.32. The van der Waals surface area contributed by atoms with Gasteiger partial charge in [0.25, 0.3) is 0 Å². The van der Waals surface area contributed by atoms with Crippen molar-refractivity contribution in [1.82, 2.24) is 4.98 Å². The molecular formula is C25H27N3O4. The predicted octanol–water partition coefficient (Wildman–Crippen LogP) is 3.00. The lowest BCUT2D eigenvalue weighted by Crippen LogP contribution is -2.42. The van der Waals surface area contributed by atoms with Crippen molar-refractivity contribution in [2.45, 2.75) is 25.0 Å². The van der Waals surface area contributed by atoms with Crippen LogP contribution in [0, 0.1) is 11.8 Å². The van der Waals surface area contributed by atoms with Gasteiger partial charge in [0, 0.05) is 18.5 Å². The highest BCUT2D eigenvalue weighted by Gasteiger charge is 2.43. The number of carbonyl (C=O) groups excluding carboxylic acids is 1. The molecule has 1 saturated heterocycles. The van der Waals surface area contributed by atoms with Gasteiger partial charge in [0.2, 0.25) is 5.91 Å². The SMILES string of the molecule is COc1ccccc1O[C@@H]1C[C@@H]2CN(c3cc(C(N)=O)c4ccccc4n3)C[C@@H]2C[C@H]1O. The number of pyridine rings is 1. The Morgan fingerprint density at radius 2 is 1.75 bits per heavy atom. The lowest BCUT2D eigenvalue weighted by atomic mass is 9.78. The minimum absolute atomic E-state index is 0.293. The summed E-state index contributed by atoms with van der Waals surface area (Å²) in [6, 6.07) is 16.9. The Balaban J connectivity index is 1.36. The Morgan fingerprint density at radius 1 is 1.06 bits per heavy atom. The number of benzene rings is 2. The lowest BCUT2D eigenvalue weighted by molar-refractivity contribution is -0.0240. The molecule has 1 aliphatic heterocycles. The zero-order chi connectivity index (χ0) is 22.2. The van der Waals surface area contributed by atoms with E-state index in [0.29, 0.717) is 35.3 Å². The number of methoxy groups -OCH3 is 1. The lowest BCUT2D eigenvalue weighted by Gasteiger charge is -2.35. The van der Waals surface area contributed by atoms with Crippen molar-refractivity contribution in [3.05, 3.63) is 60.2 Å². The Bertz CT molecular complexity index is 1150. The number of nitrogens with zero attached hydrogens (tertiary/aromatic N) is 2. The average Bonchev–Trinajstić information content (AvgIpc) is 3.21. The molecule has 5 rings (SSSR count). The highest BCUT2D eigenvalue weighted by atomic mass is 16.5. The molecule has 2 fully saturated rings. The summed E-state index contributed by atoms with van der Waals surface area (Å²) < 4.78 is 11.6. The van der Waals surface area contributed by atoms with Crippen LogP contribution in [-0.4, -0.2) is 48.4 Å². The second-order valence-electron chi connectivity index (χ2n) is 8.68. The number of carbonyl (C=O) groups is 1. The van der Waals surface area contributed by atoms with Gasteiger partial charge in [-0.3, -0.25) is 4.79 Å². The van der Waals surface area contributed by atoms with Gasteiger partial charge in [-0.2, -0.15) is 0 Å². The van der Waals surface area contributed by atoms with E-state index < -0.39 is 12.0 Å². The fourth-order valence-electron chi connectivity index (χ4n) is 5.11. The number of amides is 1. The maximum Gasteiger partial charge on any atom is 0.249 e. The number of aliphatic hydroxyl groups excluding tert-OH is 1. The van der Waals surface area contributed by atoms with E-state index in [-0.39, 0.29) is 6.10 Å². The molecule has 0 spiro atoms. The second kappa shape index (κ2) is 8.31. The van der Waals surface area contributed by atoms with Crippen molar-refractivity contribution in [2.24, 2.45) is 17.6 Å². The zero-order valence-corrected chi connectivity index (χ0v) is 18.0. The number of hydrogen-bond donors (Lipinski definition) is 2. The van der Waals surface area contributed by atoms with Gasteiger partial charge < -0.3 is 25.2 Å². The molecule has 4 atom stereocenters. The van der Waals surface area contributed by atoms with E-state index >= 15 is 0 Å². The summed E-state index contributed by atoms with van der Waals surface area (Å²) in [5.41, 5.74) is 6.89. The molecule has 7 heteroatoms. The molecule has 2 aromatic carbocycles. The van der Waals surface area contributed by atoms with E-state index in [1.54, 1.807) is 13.2 Å². The first-order chi connectivity index (χ1) is 15.5. The molecule has 32 heavy (non-hydrogen) atoms. The van der Waals surface area contributed by atoms with Crippen molar-refractivity contribution in [3.63, 3.8) is 0 Å². The molecule has 2 aliphatic rings. The minimum atomic E-state index is -0.549. The van der Waals surface area contributed by atoms with Crippen LogP contribution < -0.4 is 20.1 Å². The molecule has 0 bridgehead atoms. The fraction of sp³-hybridized carbons (Fsp3) is 0.360. The molecule has 3 N–H and O–H groups in total. The van der Waals surface area contributed by atoms with Gasteiger partial charge in [-0.05, 0) is 48.9 Å². The van der Waals surface area contributed by atoms with Crippen LogP contribution in [0.15, 0.2) is 54.6 Å². The van der Waals surface area contributed by atoms with Crippen molar-refractivity contribution >= 4 is 22.6 Å².